The molecule has 54 valence electrons. The second-order valence-electron chi connectivity index (χ2n) is 2.34. The van der Waals surface area contributed by atoms with Crippen LogP contribution in [0, 0.1) is 13.8 Å². The van der Waals surface area contributed by atoms with Gasteiger partial charge in [0.2, 0.25) is 0 Å². The van der Waals surface area contributed by atoms with Crippen molar-refractivity contribution >= 4 is 11.6 Å². The number of aromatic hydroxyl groups is 1. The molecule has 10 heavy (non-hydrogen) atoms. The van der Waals surface area contributed by atoms with Crippen LogP contribution in [0.25, 0.3) is 0 Å². The summed E-state index contributed by atoms with van der Waals surface area (Å²) in [5.74, 6) is 0.260. The first kappa shape index (κ1) is 7.42. The lowest BCUT2D eigenvalue weighted by Crippen LogP contribution is -1.80. The van der Waals surface area contributed by atoms with E-state index in [0.717, 1.165) is 11.1 Å². The molecule has 0 saturated heterocycles. The maximum atomic E-state index is 9.14. The van der Waals surface area contributed by atoms with Crippen LogP contribution in [0.1, 0.15) is 11.1 Å². The van der Waals surface area contributed by atoms with Crippen LogP contribution >= 0.6 is 11.6 Å². The molecule has 0 aromatic heterocycles. The smallest absolute Gasteiger partial charge is 0.119 e. The van der Waals surface area contributed by atoms with Gasteiger partial charge in [0, 0.05) is 5.56 Å². The Balaban J connectivity index is 3.34. The molecule has 1 aromatic carbocycles. The van der Waals surface area contributed by atoms with Crippen LogP contribution in [0.2, 0.25) is 5.02 Å². The predicted octanol–water partition coefficient (Wildman–Crippen LogP) is 2.66. The van der Waals surface area contributed by atoms with Crippen LogP contribution in [-0.2, 0) is 0 Å². The second kappa shape index (κ2) is 2.51. The van der Waals surface area contributed by atoms with E-state index < -0.39 is 0 Å². The number of phenols is 1. The van der Waals surface area contributed by atoms with E-state index in [1.165, 1.54) is 0 Å². The number of hydrogen-bond donors (Lipinski definition) is 1. The molecule has 2 heteroatoms. The summed E-state index contributed by atoms with van der Waals surface area (Å²) in [6.07, 6.45) is 0. The van der Waals surface area contributed by atoms with Crippen molar-refractivity contribution in [2.45, 2.75) is 13.8 Å². The largest absolute Gasteiger partial charge is 0.508 e. The van der Waals surface area contributed by atoms with Crippen molar-refractivity contribution in [2.24, 2.45) is 0 Å². The minimum Gasteiger partial charge on any atom is -0.508 e. The van der Waals surface area contributed by atoms with Gasteiger partial charge in [0.1, 0.15) is 5.75 Å². The molecular weight excluding hydrogens is 148 g/mol. The number of benzene rings is 1. The number of rotatable bonds is 0. The fraction of sp³-hybridized carbons (Fsp3) is 0.250. The number of phenolic OH excluding ortho intramolecular Hbond substituents is 1. The Morgan fingerprint density at radius 3 is 2.40 bits per heavy atom. The zero-order chi connectivity index (χ0) is 7.72. The van der Waals surface area contributed by atoms with Gasteiger partial charge in [-0.05, 0) is 25.5 Å². The summed E-state index contributed by atoms with van der Waals surface area (Å²) in [5, 5.41) is 9.79. The fourth-order valence-electron chi connectivity index (χ4n) is 0.810. The summed E-state index contributed by atoms with van der Waals surface area (Å²) in [5.41, 5.74) is 1.75. The number of aryl methyl sites for hydroxylation is 1. The summed E-state index contributed by atoms with van der Waals surface area (Å²) in [6.45, 7) is 3.71. The first-order valence-corrected chi connectivity index (χ1v) is 3.45. The Morgan fingerprint density at radius 1 is 1.30 bits per heavy atom. The fourth-order valence-corrected chi connectivity index (χ4v) is 0.970. The molecule has 0 heterocycles. The van der Waals surface area contributed by atoms with Crippen molar-refractivity contribution in [3.8, 4) is 5.75 Å². The molecule has 0 bridgehead atoms. The van der Waals surface area contributed by atoms with E-state index in [1.807, 2.05) is 6.92 Å². The van der Waals surface area contributed by atoms with Gasteiger partial charge in [-0.2, -0.15) is 0 Å². The van der Waals surface area contributed by atoms with Gasteiger partial charge >= 0.3 is 0 Å². The Kier molecular flexibility index (Phi) is 1.86. The van der Waals surface area contributed by atoms with E-state index in [4.69, 9.17) is 16.7 Å². The highest BCUT2D eigenvalue weighted by molar-refractivity contribution is 6.32. The van der Waals surface area contributed by atoms with Gasteiger partial charge in [-0.15, -0.1) is 0 Å². The van der Waals surface area contributed by atoms with Gasteiger partial charge in [0.15, 0.2) is 0 Å². The quantitative estimate of drug-likeness (QED) is 0.613. The lowest BCUT2D eigenvalue weighted by atomic mass is 10.1. The third-order valence-corrected chi connectivity index (χ3v) is 2.13. The van der Waals surface area contributed by atoms with E-state index in [9.17, 15) is 0 Å². The van der Waals surface area contributed by atoms with Crippen molar-refractivity contribution in [1.82, 2.24) is 0 Å². The highest BCUT2D eigenvalue weighted by atomic mass is 35.5. The summed E-state index contributed by atoms with van der Waals surface area (Å²) in [7, 11) is 0. The first-order chi connectivity index (χ1) is 4.63. The lowest BCUT2D eigenvalue weighted by Gasteiger charge is -2.02. The average Bonchev–Trinajstić information content (AvgIpc) is 1.93. The van der Waals surface area contributed by atoms with Crippen molar-refractivity contribution in [2.75, 3.05) is 0 Å². The molecule has 1 aromatic rings. The van der Waals surface area contributed by atoms with E-state index in [0.29, 0.717) is 5.02 Å². The van der Waals surface area contributed by atoms with Crippen LogP contribution in [0.15, 0.2) is 12.1 Å². The highest BCUT2D eigenvalue weighted by Gasteiger charge is 2.02. The van der Waals surface area contributed by atoms with Crippen LogP contribution in [0.4, 0.5) is 0 Å². The molecule has 0 saturated carbocycles. The summed E-state index contributed by atoms with van der Waals surface area (Å²) < 4.78 is 0. The van der Waals surface area contributed by atoms with E-state index in [-0.39, 0.29) is 5.75 Å². The monoisotopic (exact) mass is 156 g/mol. The van der Waals surface area contributed by atoms with Gasteiger partial charge in [-0.3, -0.25) is 0 Å². The summed E-state index contributed by atoms with van der Waals surface area (Å²) in [6, 6.07) is 3.45. The van der Waals surface area contributed by atoms with Gasteiger partial charge < -0.3 is 5.11 Å². The van der Waals surface area contributed by atoms with Crippen molar-refractivity contribution in [1.29, 1.82) is 0 Å². The third kappa shape index (κ3) is 1.09. The standard InChI is InChI=1S/C8H9ClO/c1-5-3-4-7(10)6(2)8(5)9/h3-4,10H,1-2H3. The maximum absolute atomic E-state index is 9.14. The van der Waals surface area contributed by atoms with Crippen molar-refractivity contribution in [3.63, 3.8) is 0 Å². The van der Waals surface area contributed by atoms with Gasteiger partial charge in [0.25, 0.3) is 0 Å². The first-order valence-electron chi connectivity index (χ1n) is 3.07. The number of halogens is 1. The zero-order valence-corrected chi connectivity index (χ0v) is 6.74. The van der Waals surface area contributed by atoms with Crippen molar-refractivity contribution in [3.05, 3.63) is 28.3 Å². The predicted molar refractivity (Wildman–Crippen MR) is 42.6 cm³/mol. The van der Waals surface area contributed by atoms with Crippen LogP contribution in [0.5, 0.6) is 5.75 Å². The molecule has 1 rings (SSSR count). The molecule has 0 amide bonds. The summed E-state index contributed by atoms with van der Waals surface area (Å²) >= 11 is 5.82. The van der Waals surface area contributed by atoms with E-state index in [2.05, 4.69) is 0 Å². The zero-order valence-electron chi connectivity index (χ0n) is 5.98. The Labute approximate surface area is 65.3 Å². The molecule has 0 spiro atoms. The van der Waals surface area contributed by atoms with Crippen LogP contribution in [-0.4, -0.2) is 5.11 Å². The third-order valence-electron chi connectivity index (χ3n) is 1.55. The minimum absolute atomic E-state index is 0.260. The second-order valence-corrected chi connectivity index (χ2v) is 2.72. The van der Waals surface area contributed by atoms with Crippen LogP contribution < -0.4 is 0 Å². The molecule has 0 aliphatic carbocycles. The normalized spacial score (nSPS) is 9.90. The minimum atomic E-state index is 0.260. The number of hydrogen-bond acceptors (Lipinski definition) is 1. The average molecular weight is 157 g/mol. The van der Waals surface area contributed by atoms with Gasteiger partial charge in [-0.25, -0.2) is 0 Å². The van der Waals surface area contributed by atoms with Gasteiger partial charge in [0.05, 0.1) is 5.02 Å². The Hall–Kier alpha value is -0.690. The maximum Gasteiger partial charge on any atom is 0.119 e. The molecular formula is C8H9ClO. The molecule has 0 fully saturated rings. The van der Waals surface area contributed by atoms with E-state index >= 15 is 0 Å². The van der Waals surface area contributed by atoms with Crippen LogP contribution in [0.3, 0.4) is 0 Å². The Morgan fingerprint density at radius 2 is 1.90 bits per heavy atom. The molecule has 1 nitrogen and oxygen atoms in total. The van der Waals surface area contributed by atoms with Crippen molar-refractivity contribution < 1.29 is 5.11 Å². The SMILES string of the molecule is Cc1ccc(O)c(C)c1Cl. The topological polar surface area (TPSA) is 20.2 Å². The molecule has 1 N–H and O–H groups in total. The molecule has 0 aliphatic rings. The van der Waals surface area contributed by atoms with Gasteiger partial charge in [-0.1, -0.05) is 17.7 Å². The highest BCUT2D eigenvalue weighted by Crippen LogP contribution is 2.26. The molecule has 0 radical (unpaired) electrons. The molecule has 0 unspecified atom stereocenters. The lowest BCUT2D eigenvalue weighted by molar-refractivity contribution is 0.471. The van der Waals surface area contributed by atoms with E-state index in [1.54, 1.807) is 19.1 Å². The Bertz CT molecular complexity index is 229. The summed E-state index contributed by atoms with van der Waals surface area (Å²) in [4.78, 5) is 0. The molecule has 0 atom stereocenters. The molecule has 0 aliphatic heterocycles.